The summed E-state index contributed by atoms with van der Waals surface area (Å²) in [6.45, 7) is 0. The van der Waals surface area contributed by atoms with Gasteiger partial charge in [-0.25, -0.2) is 0 Å². The lowest BCUT2D eigenvalue weighted by Gasteiger charge is -2.11. The number of aliphatic hydroxyl groups excluding tert-OH is 1. The van der Waals surface area contributed by atoms with Crippen LogP contribution >= 0.6 is 0 Å². The Morgan fingerprint density at radius 3 is 3.00 bits per heavy atom. The van der Waals surface area contributed by atoms with Crippen LogP contribution < -0.4 is 0 Å². The number of rotatable bonds is 2. The van der Waals surface area contributed by atoms with Crippen molar-refractivity contribution >= 4 is 6.29 Å². The van der Waals surface area contributed by atoms with Crippen LogP contribution in [0.2, 0.25) is 0 Å². The molecule has 0 saturated heterocycles. The molecule has 1 aromatic carbocycles. The third kappa shape index (κ3) is 1.38. The molecular weight excluding hydrogens is 164 g/mol. The van der Waals surface area contributed by atoms with Crippen molar-refractivity contribution in [2.75, 3.05) is 0 Å². The summed E-state index contributed by atoms with van der Waals surface area (Å²) in [7, 11) is 0. The van der Waals surface area contributed by atoms with Crippen molar-refractivity contribution in [1.82, 2.24) is 0 Å². The SMILES string of the molecule is O=CC[C@@H]1c2ccccc2C[C@@H]1O. The van der Waals surface area contributed by atoms with Crippen molar-refractivity contribution in [3.63, 3.8) is 0 Å². The Kier molecular flexibility index (Phi) is 2.15. The molecule has 1 N–H and O–H groups in total. The van der Waals surface area contributed by atoms with E-state index in [2.05, 4.69) is 0 Å². The van der Waals surface area contributed by atoms with Crippen LogP contribution in [-0.2, 0) is 11.2 Å². The molecule has 0 radical (unpaired) electrons. The van der Waals surface area contributed by atoms with Gasteiger partial charge in [-0.1, -0.05) is 24.3 Å². The highest BCUT2D eigenvalue weighted by Crippen LogP contribution is 2.34. The van der Waals surface area contributed by atoms with Crippen molar-refractivity contribution in [3.05, 3.63) is 35.4 Å². The maximum atomic E-state index is 10.4. The minimum atomic E-state index is -0.373. The lowest BCUT2D eigenvalue weighted by Crippen LogP contribution is -2.13. The molecule has 1 aliphatic carbocycles. The number of hydrogen-bond donors (Lipinski definition) is 1. The van der Waals surface area contributed by atoms with Crippen LogP contribution in [0.5, 0.6) is 0 Å². The van der Waals surface area contributed by atoms with Gasteiger partial charge in [-0.2, -0.15) is 0 Å². The third-order valence-corrected chi connectivity index (χ3v) is 2.70. The molecule has 0 fully saturated rings. The zero-order valence-electron chi connectivity index (χ0n) is 7.31. The van der Waals surface area contributed by atoms with E-state index in [1.807, 2.05) is 24.3 Å². The monoisotopic (exact) mass is 176 g/mol. The Bertz CT molecular complexity index is 320. The van der Waals surface area contributed by atoms with Crippen molar-refractivity contribution in [2.24, 2.45) is 0 Å². The normalized spacial score (nSPS) is 25.6. The van der Waals surface area contributed by atoms with Gasteiger partial charge >= 0.3 is 0 Å². The van der Waals surface area contributed by atoms with E-state index in [9.17, 15) is 9.90 Å². The zero-order valence-corrected chi connectivity index (χ0v) is 7.31. The Morgan fingerprint density at radius 1 is 1.46 bits per heavy atom. The third-order valence-electron chi connectivity index (χ3n) is 2.70. The standard InChI is InChI=1S/C11H12O2/c12-6-5-10-9-4-2-1-3-8(9)7-11(10)13/h1-4,6,10-11,13H,5,7H2/t10-,11+/m1/s1. The zero-order chi connectivity index (χ0) is 9.26. The smallest absolute Gasteiger partial charge is 0.120 e. The molecule has 0 saturated carbocycles. The average molecular weight is 176 g/mol. The average Bonchev–Trinajstić information content (AvgIpc) is 2.44. The lowest BCUT2D eigenvalue weighted by atomic mass is 9.97. The van der Waals surface area contributed by atoms with E-state index in [0.717, 1.165) is 11.8 Å². The van der Waals surface area contributed by atoms with Crippen LogP contribution in [0.3, 0.4) is 0 Å². The van der Waals surface area contributed by atoms with Gasteiger partial charge in [-0.05, 0) is 17.5 Å². The maximum Gasteiger partial charge on any atom is 0.120 e. The van der Waals surface area contributed by atoms with Gasteiger partial charge in [-0.15, -0.1) is 0 Å². The van der Waals surface area contributed by atoms with Gasteiger partial charge in [0, 0.05) is 12.3 Å². The Morgan fingerprint density at radius 2 is 2.23 bits per heavy atom. The van der Waals surface area contributed by atoms with Crippen molar-refractivity contribution in [3.8, 4) is 0 Å². The van der Waals surface area contributed by atoms with Crippen LogP contribution in [-0.4, -0.2) is 17.5 Å². The summed E-state index contributed by atoms with van der Waals surface area (Å²) in [5.74, 6) is 0.0219. The van der Waals surface area contributed by atoms with Crippen LogP contribution in [0.25, 0.3) is 0 Å². The van der Waals surface area contributed by atoms with E-state index in [4.69, 9.17) is 0 Å². The predicted octanol–water partition coefficient (Wildman–Crippen LogP) is 1.28. The molecule has 0 spiro atoms. The van der Waals surface area contributed by atoms with E-state index in [-0.39, 0.29) is 12.0 Å². The second-order valence-corrected chi connectivity index (χ2v) is 3.48. The Balaban J connectivity index is 2.34. The van der Waals surface area contributed by atoms with Gasteiger partial charge in [0.15, 0.2) is 0 Å². The number of fused-ring (bicyclic) bond motifs is 1. The molecule has 0 heterocycles. The van der Waals surface area contributed by atoms with E-state index < -0.39 is 0 Å². The quantitative estimate of drug-likeness (QED) is 0.689. The summed E-state index contributed by atoms with van der Waals surface area (Å²) >= 11 is 0. The van der Waals surface area contributed by atoms with Crippen molar-refractivity contribution in [2.45, 2.75) is 24.9 Å². The molecule has 2 atom stereocenters. The Labute approximate surface area is 77.2 Å². The summed E-state index contributed by atoms with van der Waals surface area (Å²) in [5.41, 5.74) is 2.32. The minimum Gasteiger partial charge on any atom is -0.392 e. The summed E-state index contributed by atoms with van der Waals surface area (Å²) in [4.78, 5) is 10.4. The van der Waals surface area contributed by atoms with Gasteiger partial charge in [0.2, 0.25) is 0 Å². The molecule has 13 heavy (non-hydrogen) atoms. The number of aliphatic hydroxyl groups is 1. The van der Waals surface area contributed by atoms with E-state index in [1.165, 1.54) is 5.56 Å². The summed E-state index contributed by atoms with van der Waals surface area (Å²) in [6, 6.07) is 7.94. The molecule has 0 aliphatic heterocycles. The van der Waals surface area contributed by atoms with E-state index >= 15 is 0 Å². The minimum absolute atomic E-state index is 0.0219. The number of hydrogen-bond acceptors (Lipinski definition) is 2. The fourth-order valence-corrected chi connectivity index (χ4v) is 2.04. The first kappa shape index (κ1) is 8.45. The Hall–Kier alpha value is -1.15. The first-order valence-corrected chi connectivity index (χ1v) is 4.52. The molecule has 2 rings (SSSR count). The number of carbonyl (C=O) groups excluding carboxylic acids is 1. The highest BCUT2D eigenvalue weighted by Gasteiger charge is 2.29. The lowest BCUT2D eigenvalue weighted by molar-refractivity contribution is -0.108. The molecular formula is C11H12O2. The molecule has 2 heteroatoms. The van der Waals surface area contributed by atoms with E-state index in [0.29, 0.717) is 12.8 Å². The molecule has 68 valence electrons. The van der Waals surface area contributed by atoms with Gasteiger partial charge in [0.1, 0.15) is 6.29 Å². The van der Waals surface area contributed by atoms with Gasteiger partial charge in [0.25, 0.3) is 0 Å². The first-order chi connectivity index (χ1) is 6.33. The van der Waals surface area contributed by atoms with E-state index in [1.54, 1.807) is 0 Å². The largest absolute Gasteiger partial charge is 0.392 e. The highest BCUT2D eigenvalue weighted by molar-refractivity contribution is 5.53. The van der Waals surface area contributed by atoms with Crippen LogP contribution in [0.1, 0.15) is 23.5 Å². The first-order valence-electron chi connectivity index (χ1n) is 4.52. The second-order valence-electron chi connectivity index (χ2n) is 3.48. The molecule has 0 amide bonds. The second kappa shape index (κ2) is 3.30. The molecule has 2 nitrogen and oxygen atoms in total. The molecule has 1 aliphatic rings. The maximum absolute atomic E-state index is 10.4. The molecule has 0 aromatic heterocycles. The fraction of sp³-hybridized carbons (Fsp3) is 0.364. The highest BCUT2D eigenvalue weighted by atomic mass is 16.3. The van der Waals surface area contributed by atoms with Crippen molar-refractivity contribution < 1.29 is 9.90 Å². The summed E-state index contributed by atoms with van der Waals surface area (Å²) in [5, 5.41) is 9.68. The summed E-state index contributed by atoms with van der Waals surface area (Å²) < 4.78 is 0. The van der Waals surface area contributed by atoms with Crippen LogP contribution in [0.4, 0.5) is 0 Å². The molecule has 0 unspecified atom stereocenters. The van der Waals surface area contributed by atoms with Gasteiger partial charge in [-0.3, -0.25) is 0 Å². The number of aldehydes is 1. The number of carbonyl (C=O) groups is 1. The number of benzene rings is 1. The van der Waals surface area contributed by atoms with Gasteiger partial charge < -0.3 is 9.90 Å². The van der Waals surface area contributed by atoms with Crippen LogP contribution in [0, 0.1) is 0 Å². The fourth-order valence-electron chi connectivity index (χ4n) is 2.04. The summed E-state index contributed by atoms with van der Waals surface area (Å²) in [6.07, 6.45) is 1.63. The van der Waals surface area contributed by atoms with Crippen LogP contribution in [0.15, 0.2) is 24.3 Å². The molecule has 0 bridgehead atoms. The molecule has 1 aromatic rings. The topological polar surface area (TPSA) is 37.3 Å². The van der Waals surface area contributed by atoms with Gasteiger partial charge in [0.05, 0.1) is 6.10 Å². The predicted molar refractivity (Wildman–Crippen MR) is 49.6 cm³/mol. The van der Waals surface area contributed by atoms with Crippen molar-refractivity contribution in [1.29, 1.82) is 0 Å².